The van der Waals surface area contributed by atoms with Crippen molar-refractivity contribution in [2.75, 3.05) is 38.3 Å². The fourth-order valence-electron chi connectivity index (χ4n) is 2.71. The fraction of sp³-hybridized carbons (Fsp3) is 0.688. The molecule has 0 spiro atoms. The number of hydrogen-bond donors (Lipinski definition) is 0. The van der Waals surface area contributed by atoms with Crippen LogP contribution in [0, 0.1) is 0 Å². The van der Waals surface area contributed by atoms with Gasteiger partial charge in [0.2, 0.25) is 0 Å². The number of rotatable bonds is 6. The maximum atomic E-state index is 6.08. The van der Waals surface area contributed by atoms with Gasteiger partial charge in [0.1, 0.15) is 5.15 Å². The molecule has 0 aliphatic carbocycles. The molecule has 5 heteroatoms. The van der Waals surface area contributed by atoms with Crippen LogP contribution in [0.1, 0.15) is 38.2 Å². The molecule has 1 aliphatic heterocycles. The summed E-state index contributed by atoms with van der Waals surface area (Å²) < 4.78 is 10.8. The summed E-state index contributed by atoms with van der Waals surface area (Å²) in [5.41, 5.74) is 2.48. The quantitative estimate of drug-likeness (QED) is 0.595. The van der Waals surface area contributed by atoms with Gasteiger partial charge in [0, 0.05) is 32.1 Å². The number of pyridine rings is 1. The maximum Gasteiger partial charge on any atom is 0.131 e. The van der Waals surface area contributed by atoms with Crippen LogP contribution in [0.3, 0.4) is 0 Å². The Kier molecular flexibility index (Phi) is 6.27. The molecule has 21 heavy (non-hydrogen) atoms. The predicted octanol–water partition coefficient (Wildman–Crippen LogP) is 3.49. The second-order valence-corrected chi connectivity index (χ2v) is 6.16. The number of anilines is 1. The van der Waals surface area contributed by atoms with Crippen LogP contribution in [0.5, 0.6) is 0 Å². The highest BCUT2D eigenvalue weighted by Crippen LogP contribution is 2.31. The summed E-state index contributed by atoms with van der Waals surface area (Å²) in [6.45, 7) is 7.72. The highest BCUT2D eigenvalue weighted by Gasteiger charge is 2.22. The van der Waals surface area contributed by atoms with E-state index in [0.29, 0.717) is 30.4 Å². The van der Waals surface area contributed by atoms with Gasteiger partial charge in [-0.05, 0) is 30.4 Å². The highest BCUT2D eigenvalue weighted by atomic mass is 35.5. The molecule has 2 heterocycles. The average Bonchev–Trinajstić information content (AvgIpc) is 2.48. The third-order valence-electron chi connectivity index (χ3n) is 3.92. The number of piperidine rings is 1. The topological polar surface area (TPSA) is 34.6 Å². The first-order chi connectivity index (χ1) is 10.1. The molecule has 0 radical (unpaired) electrons. The van der Waals surface area contributed by atoms with E-state index in [1.807, 2.05) is 12.3 Å². The van der Waals surface area contributed by atoms with Crippen molar-refractivity contribution in [2.24, 2.45) is 0 Å². The van der Waals surface area contributed by atoms with Gasteiger partial charge in [-0.2, -0.15) is 0 Å². The molecule has 0 saturated carbocycles. The monoisotopic (exact) mass is 312 g/mol. The minimum Gasteiger partial charge on any atom is -0.382 e. The van der Waals surface area contributed by atoms with Crippen LogP contribution in [-0.2, 0) is 9.47 Å². The molecule has 1 fully saturated rings. The molecule has 0 bridgehead atoms. The summed E-state index contributed by atoms with van der Waals surface area (Å²) in [7, 11) is 1.70. The lowest BCUT2D eigenvalue weighted by atomic mass is 10.0. The summed E-state index contributed by atoms with van der Waals surface area (Å²) in [5.74, 6) is 0.445. The van der Waals surface area contributed by atoms with Crippen LogP contribution >= 0.6 is 11.6 Å². The second-order valence-electron chi connectivity index (χ2n) is 5.77. The van der Waals surface area contributed by atoms with E-state index in [-0.39, 0.29) is 0 Å². The third-order valence-corrected chi connectivity index (χ3v) is 4.13. The van der Waals surface area contributed by atoms with E-state index in [2.05, 4.69) is 23.7 Å². The minimum atomic E-state index is 0.344. The SMILES string of the molecule is COCCOC1CCN(c2cc(Cl)ncc2C(C)C)CC1. The lowest BCUT2D eigenvalue weighted by molar-refractivity contribution is 0.00609. The molecular weight excluding hydrogens is 288 g/mol. The zero-order valence-corrected chi connectivity index (χ0v) is 13.9. The lowest BCUT2D eigenvalue weighted by Crippen LogP contribution is -2.38. The predicted molar refractivity (Wildman–Crippen MR) is 86.4 cm³/mol. The smallest absolute Gasteiger partial charge is 0.131 e. The summed E-state index contributed by atoms with van der Waals surface area (Å²) in [4.78, 5) is 6.62. The van der Waals surface area contributed by atoms with E-state index in [1.54, 1.807) is 7.11 Å². The van der Waals surface area contributed by atoms with Crippen molar-refractivity contribution >= 4 is 17.3 Å². The number of methoxy groups -OCH3 is 1. The molecule has 1 saturated heterocycles. The number of aromatic nitrogens is 1. The van der Waals surface area contributed by atoms with Gasteiger partial charge in [-0.15, -0.1) is 0 Å². The van der Waals surface area contributed by atoms with E-state index in [4.69, 9.17) is 21.1 Å². The first kappa shape index (κ1) is 16.5. The van der Waals surface area contributed by atoms with E-state index in [1.165, 1.54) is 11.3 Å². The van der Waals surface area contributed by atoms with Gasteiger partial charge in [0.05, 0.1) is 19.3 Å². The van der Waals surface area contributed by atoms with Crippen LogP contribution < -0.4 is 4.90 Å². The van der Waals surface area contributed by atoms with Gasteiger partial charge in [0.25, 0.3) is 0 Å². The zero-order valence-electron chi connectivity index (χ0n) is 13.1. The summed E-state index contributed by atoms with van der Waals surface area (Å²) in [6, 6.07) is 1.99. The van der Waals surface area contributed by atoms with Crippen molar-refractivity contribution in [3.8, 4) is 0 Å². The van der Waals surface area contributed by atoms with E-state index in [9.17, 15) is 0 Å². The first-order valence-corrected chi connectivity index (χ1v) is 8.00. The minimum absolute atomic E-state index is 0.344. The van der Waals surface area contributed by atoms with Crippen molar-refractivity contribution in [3.05, 3.63) is 23.0 Å². The highest BCUT2D eigenvalue weighted by molar-refractivity contribution is 6.29. The number of hydrogen-bond acceptors (Lipinski definition) is 4. The Labute approximate surface area is 132 Å². The Morgan fingerprint density at radius 1 is 1.33 bits per heavy atom. The van der Waals surface area contributed by atoms with Crippen molar-refractivity contribution in [2.45, 2.75) is 38.7 Å². The van der Waals surface area contributed by atoms with Crippen LogP contribution in [0.4, 0.5) is 5.69 Å². The molecule has 118 valence electrons. The molecule has 0 amide bonds. The van der Waals surface area contributed by atoms with Crippen LogP contribution in [0.15, 0.2) is 12.3 Å². The van der Waals surface area contributed by atoms with Gasteiger partial charge in [-0.1, -0.05) is 25.4 Å². The van der Waals surface area contributed by atoms with Crippen molar-refractivity contribution in [1.82, 2.24) is 4.98 Å². The molecule has 0 aromatic carbocycles. The molecular formula is C16H25ClN2O2. The molecule has 4 nitrogen and oxygen atoms in total. The maximum absolute atomic E-state index is 6.08. The number of halogens is 1. The standard InChI is InChI=1S/C16H25ClN2O2/c1-12(2)14-11-18-16(17)10-15(14)19-6-4-13(5-7-19)21-9-8-20-3/h10-13H,4-9H2,1-3H3. The molecule has 1 aromatic heterocycles. The van der Waals surface area contributed by atoms with Gasteiger partial charge in [-0.25, -0.2) is 4.98 Å². The Balaban J connectivity index is 1.97. The Bertz CT molecular complexity index is 446. The van der Waals surface area contributed by atoms with Gasteiger partial charge in [-0.3, -0.25) is 0 Å². The normalized spacial score (nSPS) is 16.7. The Morgan fingerprint density at radius 2 is 2.05 bits per heavy atom. The van der Waals surface area contributed by atoms with E-state index < -0.39 is 0 Å². The van der Waals surface area contributed by atoms with Crippen molar-refractivity contribution < 1.29 is 9.47 Å². The largest absolute Gasteiger partial charge is 0.382 e. The lowest BCUT2D eigenvalue weighted by Gasteiger charge is -2.35. The first-order valence-electron chi connectivity index (χ1n) is 7.62. The van der Waals surface area contributed by atoms with Crippen LogP contribution in [0.2, 0.25) is 5.15 Å². The molecule has 0 atom stereocenters. The van der Waals surface area contributed by atoms with Gasteiger partial charge in [0.15, 0.2) is 0 Å². The Hall–Kier alpha value is -0.840. The molecule has 2 rings (SSSR count). The van der Waals surface area contributed by atoms with Crippen molar-refractivity contribution in [1.29, 1.82) is 0 Å². The summed E-state index contributed by atoms with van der Waals surface area (Å²) in [6.07, 6.45) is 4.34. The molecule has 0 N–H and O–H groups in total. The third kappa shape index (κ3) is 4.56. The van der Waals surface area contributed by atoms with Crippen molar-refractivity contribution in [3.63, 3.8) is 0 Å². The molecule has 0 unspecified atom stereocenters. The van der Waals surface area contributed by atoms with Crippen LogP contribution in [-0.4, -0.2) is 44.5 Å². The summed E-state index contributed by atoms with van der Waals surface area (Å²) >= 11 is 6.08. The Morgan fingerprint density at radius 3 is 2.67 bits per heavy atom. The molecule has 1 aliphatic rings. The number of ether oxygens (including phenoxy) is 2. The number of nitrogens with zero attached hydrogens (tertiary/aromatic N) is 2. The van der Waals surface area contributed by atoms with Crippen LogP contribution in [0.25, 0.3) is 0 Å². The molecule has 1 aromatic rings. The van der Waals surface area contributed by atoms with Gasteiger partial charge >= 0.3 is 0 Å². The van der Waals surface area contributed by atoms with Gasteiger partial charge < -0.3 is 14.4 Å². The fourth-order valence-corrected chi connectivity index (χ4v) is 2.86. The average molecular weight is 313 g/mol. The van der Waals surface area contributed by atoms with E-state index in [0.717, 1.165) is 25.9 Å². The second kappa shape index (κ2) is 7.97. The van der Waals surface area contributed by atoms with E-state index >= 15 is 0 Å². The zero-order chi connectivity index (χ0) is 15.2. The summed E-state index contributed by atoms with van der Waals surface area (Å²) in [5, 5.41) is 0.563.